The van der Waals surface area contributed by atoms with Crippen LogP contribution in [0.2, 0.25) is 0 Å². The van der Waals surface area contributed by atoms with Crippen molar-refractivity contribution in [3.05, 3.63) is 64.7 Å². The van der Waals surface area contributed by atoms with Crippen LogP contribution in [0.25, 0.3) is 0 Å². The van der Waals surface area contributed by atoms with Crippen LogP contribution in [0.5, 0.6) is 0 Å². The number of anilines is 1. The molecule has 98 valence electrons. The Morgan fingerprint density at radius 2 is 1.95 bits per heavy atom. The molecule has 0 aliphatic rings. The molecule has 1 amide bonds. The zero-order valence-corrected chi connectivity index (χ0v) is 11.2. The molecule has 0 aliphatic carbocycles. The van der Waals surface area contributed by atoms with Crippen LogP contribution in [0.1, 0.15) is 27.0 Å². The lowest BCUT2D eigenvalue weighted by Crippen LogP contribution is -2.23. The molecule has 0 fully saturated rings. The molecule has 0 aromatic heterocycles. The standard InChI is InChI=1S/C16H18N2O/c1-11-6-7-15(12(2)8-11)16(19)18-10-13-4-3-5-14(17)9-13/h3-9H,10,17H2,1-2H3,(H,18,19). The molecule has 0 heterocycles. The van der Waals surface area contributed by atoms with Gasteiger partial charge < -0.3 is 11.1 Å². The predicted molar refractivity (Wildman–Crippen MR) is 77.9 cm³/mol. The zero-order valence-electron chi connectivity index (χ0n) is 11.2. The van der Waals surface area contributed by atoms with E-state index in [4.69, 9.17) is 5.73 Å². The van der Waals surface area contributed by atoms with Gasteiger partial charge in [-0.1, -0.05) is 29.8 Å². The fourth-order valence-corrected chi connectivity index (χ4v) is 2.05. The summed E-state index contributed by atoms with van der Waals surface area (Å²) in [7, 11) is 0. The van der Waals surface area contributed by atoms with Gasteiger partial charge in [-0.15, -0.1) is 0 Å². The van der Waals surface area contributed by atoms with Crippen LogP contribution < -0.4 is 11.1 Å². The van der Waals surface area contributed by atoms with Crippen LogP contribution in [-0.2, 0) is 6.54 Å². The Labute approximate surface area is 113 Å². The fourth-order valence-electron chi connectivity index (χ4n) is 2.05. The van der Waals surface area contributed by atoms with E-state index < -0.39 is 0 Å². The molecule has 19 heavy (non-hydrogen) atoms. The molecular formula is C16H18N2O. The Morgan fingerprint density at radius 3 is 2.63 bits per heavy atom. The maximum Gasteiger partial charge on any atom is 0.251 e. The van der Waals surface area contributed by atoms with Crippen LogP contribution in [-0.4, -0.2) is 5.91 Å². The summed E-state index contributed by atoms with van der Waals surface area (Å²) in [5.74, 6) is -0.0556. The van der Waals surface area contributed by atoms with E-state index in [2.05, 4.69) is 5.32 Å². The number of nitrogens with two attached hydrogens (primary N) is 1. The number of hydrogen-bond acceptors (Lipinski definition) is 2. The number of hydrogen-bond donors (Lipinski definition) is 2. The van der Waals surface area contributed by atoms with Crippen molar-refractivity contribution in [2.24, 2.45) is 0 Å². The molecule has 3 nitrogen and oxygen atoms in total. The minimum Gasteiger partial charge on any atom is -0.399 e. The van der Waals surface area contributed by atoms with Gasteiger partial charge in [0.25, 0.3) is 5.91 Å². The normalized spacial score (nSPS) is 10.2. The Hall–Kier alpha value is -2.29. The number of nitrogen functional groups attached to an aromatic ring is 1. The summed E-state index contributed by atoms with van der Waals surface area (Å²) in [6.45, 7) is 4.45. The SMILES string of the molecule is Cc1ccc(C(=O)NCc2cccc(N)c2)c(C)c1. The molecule has 0 aliphatic heterocycles. The van der Waals surface area contributed by atoms with E-state index in [9.17, 15) is 4.79 Å². The van der Waals surface area contributed by atoms with Gasteiger partial charge in [0.15, 0.2) is 0 Å². The van der Waals surface area contributed by atoms with Gasteiger partial charge in [0.1, 0.15) is 0 Å². The molecular weight excluding hydrogens is 236 g/mol. The lowest BCUT2D eigenvalue weighted by atomic mass is 10.1. The Morgan fingerprint density at radius 1 is 1.16 bits per heavy atom. The van der Waals surface area contributed by atoms with Crippen LogP contribution >= 0.6 is 0 Å². The van der Waals surface area contributed by atoms with Gasteiger partial charge in [-0.3, -0.25) is 4.79 Å². The minimum atomic E-state index is -0.0556. The van der Waals surface area contributed by atoms with E-state index in [1.54, 1.807) is 0 Å². The van der Waals surface area contributed by atoms with Crippen molar-refractivity contribution < 1.29 is 4.79 Å². The number of carbonyl (C=O) groups is 1. The third-order valence-corrected chi connectivity index (χ3v) is 3.03. The molecule has 0 spiro atoms. The first-order valence-corrected chi connectivity index (χ1v) is 6.26. The molecule has 3 N–H and O–H groups in total. The van der Waals surface area contributed by atoms with Gasteiger partial charge in [-0.25, -0.2) is 0 Å². The Bertz CT molecular complexity index is 605. The monoisotopic (exact) mass is 254 g/mol. The lowest BCUT2D eigenvalue weighted by molar-refractivity contribution is 0.0950. The van der Waals surface area contributed by atoms with Gasteiger partial charge in [0.2, 0.25) is 0 Å². The first kappa shape index (κ1) is 13.1. The van der Waals surface area contributed by atoms with E-state index in [-0.39, 0.29) is 5.91 Å². The molecule has 0 bridgehead atoms. The van der Waals surface area contributed by atoms with Crippen LogP contribution in [0.4, 0.5) is 5.69 Å². The van der Waals surface area contributed by atoms with E-state index in [1.807, 2.05) is 56.3 Å². The van der Waals surface area contributed by atoms with Gasteiger partial charge in [0.05, 0.1) is 0 Å². The van der Waals surface area contributed by atoms with Crippen LogP contribution in [0.3, 0.4) is 0 Å². The molecule has 2 aromatic carbocycles. The molecule has 0 saturated carbocycles. The van der Waals surface area contributed by atoms with Crippen LogP contribution in [0, 0.1) is 13.8 Å². The largest absolute Gasteiger partial charge is 0.399 e. The summed E-state index contributed by atoms with van der Waals surface area (Å²) in [5, 5.41) is 2.91. The summed E-state index contributed by atoms with van der Waals surface area (Å²) in [6, 6.07) is 13.3. The Kier molecular flexibility index (Phi) is 3.85. The molecule has 0 unspecified atom stereocenters. The fraction of sp³-hybridized carbons (Fsp3) is 0.188. The topological polar surface area (TPSA) is 55.1 Å². The summed E-state index contributed by atoms with van der Waals surface area (Å²) in [5.41, 5.74) is 10.3. The summed E-state index contributed by atoms with van der Waals surface area (Å²) >= 11 is 0. The van der Waals surface area contributed by atoms with E-state index in [0.29, 0.717) is 12.2 Å². The van der Waals surface area contributed by atoms with E-state index in [0.717, 1.165) is 22.3 Å². The highest BCUT2D eigenvalue weighted by Crippen LogP contribution is 2.11. The second kappa shape index (κ2) is 5.57. The number of amides is 1. The van der Waals surface area contributed by atoms with Gasteiger partial charge in [0, 0.05) is 17.8 Å². The van der Waals surface area contributed by atoms with Crippen molar-refractivity contribution in [2.45, 2.75) is 20.4 Å². The first-order valence-electron chi connectivity index (χ1n) is 6.26. The summed E-state index contributed by atoms with van der Waals surface area (Å²) in [6.07, 6.45) is 0. The summed E-state index contributed by atoms with van der Waals surface area (Å²) < 4.78 is 0. The number of carbonyl (C=O) groups excluding carboxylic acids is 1. The van der Waals surface area contributed by atoms with E-state index >= 15 is 0 Å². The maximum absolute atomic E-state index is 12.1. The molecule has 0 saturated heterocycles. The average Bonchev–Trinajstić information content (AvgIpc) is 2.36. The van der Waals surface area contributed by atoms with Crippen molar-refractivity contribution in [1.29, 1.82) is 0 Å². The molecule has 0 atom stereocenters. The number of benzene rings is 2. The smallest absolute Gasteiger partial charge is 0.251 e. The highest BCUT2D eigenvalue weighted by atomic mass is 16.1. The third-order valence-electron chi connectivity index (χ3n) is 3.03. The molecule has 3 heteroatoms. The highest BCUT2D eigenvalue weighted by molar-refractivity contribution is 5.95. The van der Waals surface area contributed by atoms with Gasteiger partial charge >= 0.3 is 0 Å². The predicted octanol–water partition coefficient (Wildman–Crippen LogP) is 2.82. The van der Waals surface area contributed by atoms with Crippen molar-refractivity contribution in [3.63, 3.8) is 0 Å². The van der Waals surface area contributed by atoms with E-state index in [1.165, 1.54) is 0 Å². The number of nitrogens with one attached hydrogen (secondary N) is 1. The molecule has 2 aromatic rings. The third kappa shape index (κ3) is 3.35. The summed E-state index contributed by atoms with van der Waals surface area (Å²) in [4.78, 5) is 12.1. The molecule has 0 radical (unpaired) electrons. The lowest BCUT2D eigenvalue weighted by Gasteiger charge is -2.09. The first-order chi connectivity index (χ1) is 9.06. The minimum absolute atomic E-state index is 0.0556. The van der Waals surface area contributed by atoms with Gasteiger partial charge in [-0.05, 0) is 43.2 Å². The molecule has 2 rings (SSSR count). The van der Waals surface area contributed by atoms with Crippen molar-refractivity contribution in [1.82, 2.24) is 5.32 Å². The van der Waals surface area contributed by atoms with Crippen LogP contribution in [0.15, 0.2) is 42.5 Å². The quantitative estimate of drug-likeness (QED) is 0.827. The maximum atomic E-state index is 12.1. The number of aryl methyl sites for hydroxylation is 2. The zero-order chi connectivity index (χ0) is 13.8. The number of rotatable bonds is 3. The second-order valence-electron chi connectivity index (χ2n) is 4.75. The van der Waals surface area contributed by atoms with Crippen molar-refractivity contribution in [3.8, 4) is 0 Å². The van der Waals surface area contributed by atoms with Crippen molar-refractivity contribution in [2.75, 3.05) is 5.73 Å². The van der Waals surface area contributed by atoms with Gasteiger partial charge in [-0.2, -0.15) is 0 Å². The Balaban J connectivity index is 2.05. The highest BCUT2D eigenvalue weighted by Gasteiger charge is 2.08. The second-order valence-corrected chi connectivity index (χ2v) is 4.75. The van der Waals surface area contributed by atoms with Crippen molar-refractivity contribution >= 4 is 11.6 Å². The average molecular weight is 254 g/mol.